The predicted octanol–water partition coefficient (Wildman–Crippen LogP) is 3.99. The Hall–Kier alpha value is -1.55. The van der Waals surface area contributed by atoms with Crippen LogP contribution in [0.1, 0.15) is 59.6 Å². The molecule has 1 aromatic carbocycles. The largest absolute Gasteiger partial charge is 0.444 e. The minimum Gasteiger partial charge on any atom is -0.444 e. The lowest BCUT2D eigenvalue weighted by Gasteiger charge is -2.22. The summed E-state index contributed by atoms with van der Waals surface area (Å²) in [7, 11) is 0. The molecule has 0 aromatic heterocycles. The van der Waals surface area contributed by atoms with Crippen LogP contribution in [-0.2, 0) is 16.7 Å². The summed E-state index contributed by atoms with van der Waals surface area (Å²) in [6, 6.07) is 8.68. The van der Waals surface area contributed by atoms with Gasteiger partial charge < -0.3 is 15.4 Å². The van der Waals surface area contributed by atoms with Crippen molar-refractivity contribution in [1.29, 1.82) is 0 Å². The van der Waals surface area contributed by atoms with Crippen molar-refractivity contribution >= 4 is 6.09 Å². The summed E-state index contributed by atoms with van der Waals surface area (Å²) in [4.78, 5) is 11.7. The van der Waals surface area contributed by atoms with Crippen LogP contribution < -0.4 is 10.6 Å². The van der Waals surface area contributed by atoms with E-state index in [1.54, 1.807) is 0 Å². The van der Waals surface area contributed by atoms with Crippen molar-refractivity contribution < 1.29 is 9.53 Å². The van der Waals surface area contributed by atoms with Crippen molar-refractivity contribution in [2.75, 3.05) is 6.54 Å². The van der Waals surface area contributed by atoms with E-state index >= 15 is 0 Å². The van der Waals surface area contributed by atoms with E-state index in [1.807, 2.05) is 27.7 Å². The maximum atomic E-state index is 11.7. The van der Waals surface area contributed by atoms with E-state index in [-0.39, 0.29) is 17.6 Å². The molecule has 0 spiro atoms. The first-order valence-electron chi connectivity index (χ1n) is 8.27. The fourth-order valence-electron chi connectivity index (χ4n) is 2.12. The van der Waals surface area contributed by atoms with Crippen LogP contribution in [0.25, 0.3) is 0 Å². The molecule has 0 fully saturated rings. The minimum absolute atomic E-state index is 0.0127. The van der Waals surface area contributed by atoms with Crippen LogP contribution in [0.4, 0.5) is 4.79 Å². The Bertz CT molecular complexity index is 496. The Kier molecular flexibility index (Phi) is 6.63. The zero-order chi connectivity index (χ0) is 17.7. The number of carbonyl (C=O) groups excluding carboxylic acids is 1. The first-order valence-corrected chi connectivity index (χ1v) is 8.27. The second-order valence-corrected chi connectivity index (χ2v) is 8.13. The van der Waals surface area contributed by atoms with Crippen LogP contribution >= 0.6 is 0 Å². The van der Waals surface area contributed by atoms with Gasteiger partial charge in [-0.15, -0.1) is 0 Å². The van der Waals surface area contributed by atoms with E-state index < -0.39 is 5.60 Å². The van der Waals surface area contributed by atoms with Gasteiger partial charge in [-0.25, -0.2) is 4.79 Å². The third-order valence-corrected chi connectivity index (χ3v) is 3.36. The van der Waals surface area contributed by atoms with Crippen LogP contribution in [0, 0.1) is 0 Å². The normalized spacial score (nSPS) is 13.5. The molecule has 0 radical (unpaired) electrons. The van der Waals surface area contributed by atoms with E-state index in [9.17, 15) is 4.79 Å². The molecule has 2 N–H and O–H groups in total. The summed E-state index contributed by atoms with van der Waals surface area (Å²) >= 11 is 0. The Morgan fingerprint density at radius 2 is 1.65 bits per heavy atom. The summed E-state index contributed by atoms with van der Waals surface area (Å²) < 4.78 is 5.24. The van der Waals surface area contributed by atoms with Gasteiger partial charge in [0, 0.05) is 19.1 Å². The monoisotopic (exact) mass is 320 g/mol. The van der Waals surface area contributed by atoms with Gasteiger partial charge in [-0.1, -0.05) is 45.0 Å². The molecule has 1 aromatic rings. The van der Waals surface area contributed by atoms with Crippen molar-refractivity contribution in [3.8, 4) is 0 Å². The number of alkyl carbamates (subject to hydrolysis) is 1. The van der Waals surface area contributed by atoms with Gasteiger partial charge in [0.25, 0.3) is 0 Å². The molecule has 1 unspecified atom stereocenters. The zero-order valence-electron chi connectivity index (χ0n) is 15.6. The Morgan fingerprint density at radius 3 is 2.13 bits per heavy atom. The molecule has 4 nitrogen and oxygen atoms in total. The van der Waals surface area contributed by atoms with Gasteiger partial charge in [0.05, 0.1) is 0 Å². The minimum atomic E-state index is -0.466. The molecule has 130 valence electrons. The molecule has 4 heteroatoms. The summed E-state index contributed by atoms with van der Waals surface area (Å²) in [5.74, 6) is 0. The SMILES string of the molecule is CC(CNCc1ccc(C(C)(C)C)cc1)NC(=O)OC(C)(C)C. The van der Waals surface area contributed by atoms with Crippen molar-refractivity contribution in [2.45, 2.75) is 72.1 Å². The fraction of sp³-hybridized carbons (Fsp3) is 0.632. The van der Waals surface area contributed by atoms with Crippen LogP contribution in [0.5, 0.6) is 0 Å². The first kappa shape index (κ1) is 19.5. The Labute approximate surface area is 141 Å². The number of hydrogen-bond acceptors (Lipinski definition) is 3. The molecule has 0 saturated carbocycles. The number of amides is 1. The highest BCUT2D eigenvalue weighted by Crippen LogP contribution is 2.22. The number of benzene rings is 1. The predicted molar refractivity (Wildman–Crippen MR) is 95.7 cm³/mol. The lowest BCUT2D eigenvalue weighted by atomic mass is 9.87. The van der Waals surface area contributed by atoms with Gasteiger partial charge in [0.2, 0.25) is 0 Å². The van der Waals surface area contributed by atoms with Gasteiger partial charge >= 0.3 is 6.09 Å². The second-order valence-electron chi connectivity index (χ2n) is 8.13. The molecule has 0 heterocycles. The molecule has 1 amide bonds. The lowest BCUT2D eigenvalue weighted by Crippen LogP contribution is -2.42. The Balaban J connectivity index is 2.35. The number of nitrogens with one attached hydrogen (secondary N) is 2. The molecule has 1 rings (SSSR count). The van der Waals surface area contributed by atoms with Gasteiger partial charge in [-0.3, -0.25) is 0 Å². The maximum absolute atomic E-state index is 11.7. The first-order chi connectivity index (χ1) is 10.5. The standard InChI is InChI=1S/C19H32N2O2/c1-14(21-17(22)23-19(5,6)7)12-20-13-15-8-10-16(11-9-15)18(2,3)4/h8-11,14,20H,12-13H2,1-7H3,(H,21,22). The molecule has 0 aliphatic rings. The molecule has 0 aliphatic carbocycles. The maximum Gasteiger partial charge on any atom is 0.407 e. The van der Waals surface area contributed by atoms with Gasteiger partial charge in [-0.05, 0) is 44.2 Å². The smallest absolute Gasteiger partial charge is 0.407 e. The molecule has 23 heavy (non-hydrogen) atoms. The molecular formula is C19H32N2O2. The van der Waals surface area contributed by atoms with E-state index in [0.717, 1.165) is 6.54 Å². The number of ether oxygens (including phenoxy) is 1. The topological polar surface area (TPSA) is 50.4 Å². The molecule has 0 bridgehead atoms. The molecule has 0 saturated heterocycles. The third-order valence-electron chi connectivity index (χ3n) is 3.36. The fourth-order valence-corrected chi connectivity index (χ4v) is 2.12. The Morgan fingerprint density at radius 1 is 1.09 bits per heavy atom. The van der Waals surface area contributed by atoms with Crippen LogP contribution in [-0.4, -0.2) is 24.3 Å². The molecular weight excluding hydrogens is 288 g/mol. The lowest BCUT2D eigenvalue weighted by molar-refractivity contribution is 0.0508. The molecule has 0 aliphatic heterocycles. The molecule has 1 atom stereocenters. The van der Waals surface area contributed by atoms with Gasteiger partial charge in [0.15, 0.2) is 0 Å². The van der Waals surface area contributed by atoms with E-state index in [1.165, 1.54) is 11.1 Å². The van der Waals surface area contributed by atoms with E-state index in [0.29, 0.717) is 6.54 Å². The van der Waals surface area contributed by atoms with Gasteiger partial charge in [0.1, 0.15) is 5.60 Å². The van der Waals surface area contributed by atoms with Crippen LogP contribution in [0.3, 0.4) is 0 Å². The van der Waals surface area contributed by atoms with Crippen molar-refractivity contribution in [1.82, 2.24) is 10.6 Å². The average molecular weight is 320 g/mol. The summed E-state index contributed by atoms with van der Waals surface area (Å²) in [6.07, 6.45) is -0.374. The third kappa shape index (κ3) is 8.03. The van der Waals surface area contributed by atoms with Gasteiger partial charge in [-0.2, -0.15) is 0 Å². The number of carbonyl (C=O) groups is 1. The van der Waals surface area contributed by atoms with Crippen molar-refractivity contribution in [3.63, 3.8) is 0 Å². The van der Waals surface area contributed by atoms with Crippen LogP contribution in [0.2, 0.25) is 0 Å². The highest BCUT2D eigenvalue weighted by Gasteiger charge is 2.17. The quantitative estimate of drug-likeness (QED) is 0.862. The highest BCUT2D eigenvalue weighted by atomic mass is 16.6. The number of hydrogen-bond donors (Lipinski definition) is 2. The van der Waals surface area contributed by atoms with Crippen LogP contribution in [0.15, 0.2) is 24.3 Å². The summed E-state index contributed by atoms with van der Waals surface area (Å²) in [6.45, 7) is 15.6. The zero-order valence-corrected chi connectivity index (χ0v) is 15.6. The van der Waals surface area contributed by atoms with E-state index in [2.05, 4.69) is 55.7 Å². The van der Waals surface area contributed by atoms with Crippen molar-refractivity contribution in [2.24, 2.45) is 0 Å². The van der Waals surface area contributed by atoms with E-state index in [4.69, 9.17) is 4.74 Å². The highest BCUT2D eigenvalue weighted by molar-refractivity contribution is 5.68. The summed E-state index contributed by atoms with van der Waals surface area (Å²) in [5, 5.41) is 6.19. The summed E-state index contributed by atoms with van der Waals surface area (Å²) in [5.41, 5.74) is 2.28. The average Bonchev–Trinajstić information content (AvgIpc) is 2.35. The number of rotatable bonds is 5. The second kappa shape index (κ2) is 7.82. The van der Waals surface area contributed by atoms with Crippen molar-refractivity contribution in [3.05, 3.63) is 35.4 Å².